The number of methoxy groups -OCH3 is 1. The van der Waals surface area contributed by atoms with Crippen LogP contribution in [0.2, 0.25) is 0 Å². The number of piperazine rings is 1. The highest BCUT2D eigenvalue weighted by molar-refractivity contribution is 7.92. The summed E-state index contributed by atoms with van der Waals surface area (Å²) >= 11 is 0. The van der Waals surface area contributed by atoms with Crippen LogP contribution in [0.4, 0.5) is 11.5 Å². The van der Waals surface area contributed by atoms with Crippen molar-refractivity contribution in [2.45, 2.75) is 24.7 Å². The van der Waals surface area contributed by atoms with Crippen molar-refractivity contribution in [3.05, 3.63) is 42.1 Å². The number of hydrogen-bond acceptors (Lipinski definition) is 7. The Morgan fingerprint density at radius 1 is 1.12 bits per heavy atom. The molecule has 9 nitrogen and oxygen atoms in total. The van der Waals surface area contributed by atoms with Gasteiger partial charge in [0.25, 0.3) is 15.9 Å². The Labute approximate surface area is 195 Å². The first kappa shape index (κ1) is 23.3. The maximum atomic E-state index is 13.5. The van der Waals surface area contributed by atoms with Crippen LogP contribution in [0.3, 0.4) is 0 Å². The average molecular weight is 474 g/mol. The monoisotopic (exact) mass is 473 g/mol. The van der Waals surface area contributed by atoms with Crippen molar-refractivity contribution in [2.75, 3.05) is 56.0 Å². The average Bonchev–Trinajstić information content (AvgIpc) is 2.84. The number of carbonyl (C=O) groups is 1. The summed E-state index contributed by atoms with van der Waals surface area (Å²) in [7, 11) is -2.32. The van der Waals surface area contributed by atoms with E-state index in [9.17, 15) is 13.2 Å². The molecule has 178 valence electrons. The lowest BCUT2D eigenvalue weighted by Gasteiger charge is -2.33. The Balaban J connectivity index is 1.63. The Morgan fingerprint density at radius 2 is 1.79 bits per heavy atom. The van der Waals surface area contributed by atoms with E-state index in [0.717, 1.165) is 39.0 Å². The minimum absolute atomic E-state index is 0.103. The number of sulfonamides is 1. The first-order chi connectivity index (χ1) is 15.9. The Morgan fingerprint density at radius 3 is 2.42 bits per heavy atom. The van der Waals surface area contributed by atoms with E-state index >= 15 is 0 Å². The molecule has 1 aromatic heterocycles. The number of likely N-dealkylation sites (tertiary alicyclic amines) is 1. The molecule has 4 rings (SSSR count). The van der Waals surface area contributed by atoms with E-state index in [0.29, 0.717) is 36.1 Å². The summed E-state index contributed by atoms with van der Waals surface area (Å²) in [5.74, 6) is 1.67. The Hall–Kier alpha value is -2.85. The number of rotatable bonds is 6. The Bertz CT molecular complexity index is 1080. The smallest absolute Gasteiger partial charge is 0.261 e. The molecule has 0 radical (unpaired) electrons. The van der Waals surface area contributed by atoms with Gasteiger partial charge in [-0.25, -0.2) is 13.4 Å². The molecule has 2 saturated heterocycles. The fraction of sp³-hybridized carbons (Fsp3) is 0.478. The quantitative estimate of drug-likeness (QED) is 0.663. The predicted octanol–water partition coefficient (Wildman–Crippen LogP) is 2.17. The maximum absolute atomic E-state index is 13.5. The van der Waals surface area contributed by atoms with Crippen molar-refractivity contribution < 1.29 is 17.9 Å². The molecule has 0 atom stereocenters. The molecule has 2 aliphatic heterocycles. The molecule has 0 aliphatic carbocycles. The SMILES string of the molecule is COc1ccc(S(=O)(=O)Nc2cnc(N3CCNCC3)c(C(=O)N3CCC(C)CC3)c2)cc1. The van der Waals surface area contributed by atoms with Crippen LogP contribution in [0.15, 0.2) is 41.4 Å². The number of piperidine rings is 1. The topological polar surface area (TPSA) is 104 Å². The van der Waals surface area contributed by atoms with Crippen molar-refractivity contribution in [2.24, 2.45) is 5.92 Å². The van der Waals surface area contributed by atoms with Crippen LogP contribution in [0, 0.1) is 5.92 Å². The predicted molar refractivity (Wildman–Crippen MR) is 127 cm³/mol. The number of carbonyl (C=O) groups excluding carboxylic acids is 1. The number of amides is 1. The van der Waals surface area contributed by atoms with Crippen LogP contribution in [-0.4, -0.2) is 70.6 Å². The van der Waals surface area contributed by atoms with Gasteiger partial charge in [-0.2, -0.15) is 0 Å². The third kappa shape index (κ3) is 5.39. The summed E-state index contributed by atoms with van der Waals surface area (Å²) in [6.07, 6.45) is 3.41. The highest BCUT2D eigenvalue weighted by Gasteiger charge is 2.27. The highest BCUT2D eigenvalue weighted by Crippen LogP contribution is 2.27. The van der Waals surface area contributed by atoms with Crippen LogP contribution in [0.1, 0.15) is 30.1 Å². The lowest BCUT2D eigenvalue weighted by molar-refractivity contribution is 0.0697. The standard InChI is InChI=1S/C23H31N5O4S/c1-17-7-11-28(12-8-17)23(29)21-15-18(16-25-22(21)27-13-9-24-10-14-27)26-33(30,31)20-5-3-19(32-2)4-6-20/h3-6,15-17,24,26H,7-14H2,1-2H3. The second-order valence-corrected chi connectivity index (χ2v) is 10.3. The van der Waals surface area contributed by atoms with Crippen molar-refractivity contribution in [1.29, 1.82) is 0 Å². The second kappa shape index (κ2) is 9.96. The first-order valence-corrected chi connectivity index (χ1v) is 12.8. The first-order valence-electron chi connectivity index (χ1n) is 11.3. The van der Waals surface area contributed by atoms with E-state index < -0.39 is 10.0 Å². The van der Waals surface area contributed by atoms with Gasteiger partial charge in [-0.3, -0.25) is 9.52 Å². The van der Waals surface area contributed by atoms with E-state index in [1.807, 2.05) is 4.90 Å². The van der Waals surface area contributed by atoms with Gasteiger partial charge in [-0.1, -0.05) is 6.92 Å². The van der Waals surface area contributed by atoms with Crippen molar-refractivity contribution in [3.8, 4) is 5.75 Å². The van der Waals surface area contributed by atoms with Crippen LogP contribution in [0.25, 0.3) is 0 Å². The molecule has 2 fully saturated rings. The third-order valence-corrected chi connectivity index (χ3v) is 7.60. The lowest BCUT2D eigenvalue weighted by Crippen LogP contribution is -2.45. The molecule has 33 heavy (non-hydrogen) atoms. The lowest BCUT2D eigenvalue weighted by atomic mass is 9.98. The van der Waals surface area contributed by atoms with E-state index in [-0.39, 0.29) is 16.5 Å². The fourth-order valence-corrected chi connectivity index (χ4v) is 5.18. The number of hydrogen-bond donors (Lipinski definition) is 2. The molecule has 2 N–H and O–H groups in total. The third-order valence-electron chi connectivity index (χ3n) is 6.21. The van der Waals surface area contributed by atoms with Crippen LogP contribution in [0.5, 0.6) is 5.75 Å². The molecule has 0 bridgehead atoms. The molecule has 2 aliphatic rings. The molecule has 0 unspecified atom stereocenters. The van der Waals surface area contributed by atoms with E-state index in [1.165, 1.54) is 25.4 Å². The molecule has 0 saturated carbocycles. The second-order valence-electron chi connectivity index (χ2n) is 8.59. The number of benzene rings is 1. The maximum Gasteiger partial charge on any atom is 0.261 e. The number of pyridine rings is 1. The van der Waals surface area contributed by atoms with E-state index in [1.54, 1.807) is 18.2 Å². The summed E-state index contributed by atoms with van der Waals surface area (Å²) in [6, 6.07) is 7.75. The zero-order valence-electron chi connectivity index (χ0n) is 19.1. The van der Waals surface area contributed by atoms with Gasteiger partial charge < -0.3 is 19.9 Å². The van der Waals surface area contributed by atoms with Gasteiger partial charge in [-0.05, 0) is 49.1 Å². The fourth-order valence-electron chi connectivity index (χ4n) is 4.15. The molecule has 1 amide bonds. The molecular weight excluding hydrogens is 442 g/mol. The van der Waals surface area contributed by atoms with Gasteiger partial charge in [0, 0.05) is 39.3 Å². The van der Waals surface area contributed by atoms with Crippen LogP contribution < -0.4 is 19.7 Å². The zero-order valence-corrected chi connectivity index (χ0v) is 19.9. The van der Waals surface area contributed by atoms with E-state index in [2.05, 4.69) is 26.8 Å². The molecule has 1 aromatic carbocycles. The molecular formula is C23H31N5O4S. The zero-order chi connectivity index (χ0) is 23.4. The number of ether oxygens (including phenoxy) is 1. The number of aromatic nitrogens is 1. The summed E-state index contributed by atoms with van der Waals surface area (Å²) in [5, 5.41) is 3.30. The number of nitrogens with one attached hydrogen (secondary N) is 2. The largest absolute Gasteiger partial charge is 0.497 e. The van der Waals surface area contributed by atoms with Gasteiger partial charge in [0.2, 0.25) is 0 Å². The van der Waals surface area contributed by atoms with Crippen molar-refractivity contribution >= 4 is 27.4 Å². The summed E-state index contributed by atoms with van der Waals surface area (Å²) in [5.41, 5.74) is 0.694. The van der Waals surface area contributed by atoms with Gasteiger partial charge in [-0.15, -0.1) is 0 Å². The van der Waals surface area contributed by atoms with Crippen LogP contribution >= 0.6 is 0 Å². The minimum atomic E-state index is -3.84. The van der Waals surface area contributed by atoms with Gasteiger partial charge in [0.05, 0.1) is 29.5 Å². The number of nitrogens with zero attached hydrogens (tertiary/aromatic N) is 3. The van der Waals surface area contributed by atoms with Crippen molar-refractivity contribution in [1.82, 2.24) is 15.2 Å². The highest BCUT2D eigenvalue weighted by atomic mass is 32.2. The number of anilines is 2. The normalized spacial score (nSPS) is 17.6. The molecule has 10 heteroatoms. The van der Waals surface area contributed by atoms with Gasteiger partial charge in [0.1, 0.15) is 11.6 Å². The molecule has 0 spiro atoms. The van der Waals surface area contributed by atoms with Crippen molar-refractivity contribution in [3.63, 3.8) is 0 Å². The van der Waals surface area contributed by atoms with E-state index in [4.69, 9.17) is 4.74 Å². The minimum Gasteiger partial charge on any atom is -0.497 e. The van der Waals surface area contributed by atoms with Gasteiger partial charge >= 0.3 is 0 Å². The summed E-state index contributed by atoms with van der Waals surface area (Å²) in [6.45, 7) is 6.68. The summed E-state index contributed by atoms with van der Waals surface area (Å²) in [4.78, 5) is 22.1. The van der Waals surface area contributed by atoms with Gasteiger partial charge in [0.15, 0.2) is 0 Å². The molecule has 2 aromatic rings. The Kier molecular flexibility index (Phi) is 7.04. The molecule has 3 heterocycles. The summed E-state index contributed by atoms with van der Waals surface area (Å²) < 4.78 is 33.5. The van der Waals surface area contributed by atoms with Crippen LogP contribution in [-0.2, 0) is 10.0 Å².